The minimum absolute atomic E-state index is 0.253. The van der Waals surface area contributed by atoms with Crippen molar-refractivity contribution in [3.05, 3.63) is 82.9 Å². The molecule has 0 aliphatic carbocycles. The molecule has 0 saturated carbocycles. The molecule has 1 saturated heterocycles. The zero-order chi connectivity index (χ0) is 21.6. The van der Waals surface area contributed by atoms with Crippen LogP contribution in [0.15, 0.2) is 54.6 Å². The van der Waals surface area contributed by atoms with E-state index in [1.54, 1.807) is 31.4 Å². The predicted molar refractivity (Wildman–Crippen MR) is 116 cm³/mol. The smallest absolute Gasteiger partial charge is 0.183 e. The first-order valence-corrected chi connectivity index (χ1v) is 10.4. The van der Waals surface area contributed by atoms with Gasteiger partial charge in [0.2, 0.25) is 0 Å². The Morgan fingerprint density at radius 1 is 0.935 bits per heavy atom. The van der Waals surface area contributed by atoms with E-state index in [0.717, 1.165) is 42.2 Å². The molecule has 0 amide bonds. The topological polar surface area (TPSA) is 27.7 Å². The van der Waals surface area contributed by atoms with Gasteiger partial charge in [-0.1, -0.05) is 36.1 Å². The van der Waals surface area contributed by atoms with Crippen molar-refractivity contribution in [1.29, 1.82) is 0 Å². The van der Waals surface area contributed by atoms with Crippen LogP contribution in [0, 0.1) is 29.4 Å². The average Bonchev–Trinajstić information content (AvgIpc) is 2.81. The number of hydrogen-bond acceptors (Lipinski definition) is 3. The number of rotatable bonds is 5. The predicted octanol–water partition coefficient (Wildman–Crippen LogP) is 5.61. The van der Waals surface area contributed by atoms with Crippen LogP contribution in [0.4, 0.5) is 8.78 Å². The van der Waals surface area contributed by atoms with E-state index in [-0.39, 0.29) is 11.7 Å². The molecule has 0 aromatic heterocycles. The number of ether oxygens (including phenoxy) is 3. The van der Waals surface area contributed by atoms with E-state index < -0.39 is 11.6 Å². The summed E-state index contributed by atoms with van der Waals surface area (Å²) < 4.78 is 44.0. The molecule has 0 radical (unpaired) electrons. The molecule has 3 nitrogen and oxygen atoms in total. The molecule has 0 atom stereocenters. The minimum atomic E-state index is -0.848. The van der Waals surface area contributed by atoms with Crippen LogP contribution in [0.2, 0.25) is 0 Å². The van der Waals surface area contributed by atoms with Crippen molar-refractivity contribution >= 4 is 10.8 Å². The second-order valence-corrected chi connectivity index (χ2v) is 7.67. The Bertz CT molecular complexity index is 1090. The Hall–Kier alpha value is -2.78. The lowest BCUT2D eigenvalue weighted by Crippen LogP contribution is -2.27. The maximum atomic E-state index is 13.8. The van der Waals surface area contributed by atoms with Crippen LogP contribution in [0.3, 0.4) is 0 Å². The molecule has 5 heteroatoms. The van der Waals surface area contributed by atoms with Crippen molar-refractivity contribution in [3.63, 3.8) is 0 Å². The second kappa shape index (κ2) is 10.0. The van der Waals surface area contributed by atoms with Gasteiger partial charge in [-0.15, -0.1) is 0 Å². The molecule has 1 heterocycles. The van der Waals surface area contributed by atoms with Crippen molar-refractivity contribution in [2.75, 3.05) is 26.9 Å². The summed E-state index contributed by atoms with van der Waals surface area (Å²) in [5, 5.41) is 0.872. The van der Waals surface area contributed by atoms with Crippen LogP contribution in [0.25, 0.3) is 10.8 Å². The molecule has 3 aromatic carbocycles. The van der Waals surface area contributed by atoms with Gasteiger partial charge < -0.3 is 14.2 Å². The van der Waals surface area contributed by atoms with E-state index in [4.69, 9.17) is 14.2 Å². The molecule has 0 N–H and O–H groups in total. The summed E-state index contributed by atoms with van der Waals surface area (Å²) in [5.74, 6) is 4.91. The molecular formula is C26H24F2O3. The summed E-state index contributed by atoms with van der Waals surface area (Å²) in [6.45, 7) is 2.13. The molecule has 1 aliphatic rings. The second-order valence-electron chi connectivity index (χ2n) is 7.67. The summed E-state index contributed by atoms with van der Waals surface area (Å²) in [6, 6.07) is 15.5. The third-order valence-corrected chi connectivity index (χ3v) is 5.37. The van der Waals surface area contributed by atoms with Gasteiger partial charge in [-0.2, -0.15) is 0 Å². The third kappa shape index (κ3) is 5.29. The van der Waals surface area contributed by atoms with Gasteiger partial charge >= 0.3 is 0 Å². The van der Waals surface area contributed by atoms with E-state index >= 15 is 0 Å². The Kier molecular flexibility index (Phi) is 6.93. The minimum Gasteiger partial charge on any atom is -0.385 e. The quantitative estimate of drug-likeness (QED) is 0.395. The molecule has 1 aliphatic heterocycles. The number of hydrogen-bond donors (Lipinski definition) is 0. The van der Waals surface area contributed by atoms with Crippen molar-refractivity contribution in [3.8, 4) is 11.8 Å². The van der Waals surface area contributed by atoms with Crippen LogP contribution >= 0.6 is 0 Å². The van der Waals surface area contributed by atoms with Crippen LogP contribution in [0.5, 0.6) is 0 Å². The Balaban J connectivity index is 1.38. The molecule has 31 heavy (non-hydrogen) atoms. The number of methoxy groups -OCH3 is 1. The zero-order valence-corrected chi connectivity index (χ0v) is 17.4. The average molecular weight is 422 g/mol. The lowest BCUT2D eigenvalue weighted by molar-refractivity contribution is -0.206. The fourth-order valence-electron chi connectivity index (χ4n) is 3.63. The van der Waals surface area contributed by atoms with E-state index in [1.807, 2.05) is 24.3 Å². The third-order valence-electron chi connectivity index (χ3n) is 5.37. The Morgan fingerprint density at radius 3 is 2.39 bits per heavy atom. The zero-order valence-electron chi connectivity index (χ0n) is 17.4. The molecule has 0 bridgehead atoms. The molecule has 0 unspecified atom stereocenters. The van der Waals surface area contributed by atoms with Gasteiger partial charge in [0, 0.05) is 41.7 Å². The van der Waals surface area contributed by atoms with Gasteiger partial charge in [-0.3, -0.25) is 0 Å². The fraction of sp³-hybridized carbons (Fsp3) is 0.308. The van der Waals surface area contributed by atoms with E-state index in [1.165, 1.54) is 0 Å². The van der Waals surface area contributed by atoms with Crippen molar-refractivity contribution < 1.29 is 23.0 Å². The summed E-state index contributed by atoms with van der Waals surface area (Å²) in [5.41, 5.74) is 2.55. The number of halogens is 2. The maximum absolute atomic E-state index is 13.8. The maximum Gasteiger partial charge on any atom is 0.183 e. The first-order valence-electron chi connectivity index (χ1n) is 10.4. The van der Waals surface area contributed by atoms with Crippen LogP contribution in [-0.4, -0.2) is 26.9 Å². The highest BCUT2D eigenvalue weighted by molar-refractivity contribution is 5.84. The van der Waals surface area contributed by atoms with Gasteiger partial charge in [0.05, 0.1) is 13.2 Å². The van der Waals surface area contributed by atoms with Crippen molar-refractivity contribution in [2.45, 2.75) is 19.1 Å². The molecular weight excluding hydrogens is 398 g/mol. The van der Waals surface area contributed by atoms with Crippen LogP contribution < -0.4 is 0 Å². The van der Waals surface area contributed by atoms with Gasteiger partial charge in [0.15, 0.2) is 17.9 Å². The Morgan fingerprint density at radius 2 is 1.65 bits per heavy atom. The standard InChI is InChI=1S/C26H24F2O3/c1-29-14-2-3-20-16-30-26(31-17-20)21-9-6-18(7-10-21)4-5-19-8-12-23-22(15-19)11-13-24(27)25(23)28/h6-13,15,20,26H,2-3,14,16-17H2,1H3. The highest BCUT2D eigenvalue weighted by Crippen LogP contribution is 2.27. The Labute approximate surface area is 180 Å². The summed E-state index contributed by atoms with van der Waals surface area (Å²) in [6.07, 6.45) is 1.69. The highest BCUT2D eigenvalue weighted by atomic mass is 19.2. The SMILES string of the molecule is COCCCC1COC(c2ccc(C#Cc3ccc4c(F)c(F)ccc4c3)cc2)OC1. The lowest BCUT2D eigenvalue weighted by atomic mass is 10.0. The van der Waals surface area contributed by atoms with Gasteiger partial charge in [-0.25, -0.2) is 8.78 Å². The number of benzene rings is 3. The molecule has 1 fully saturated rings. The first-order chi connectivity index (χ1) is 15.1. The molecule has 160 valence electrons. The summed E-state index contributed by atoms with van der Waals surface area (Å²) in [7, 11) is 1.71. The van der Waals surface area contributed by atoms with E-state index in [2.05, 4.69) is 11.8 Å². The lowest BCUT2D eigenvalue weighted by Gasteiger charge is -2.29. The first kappa shape index (κ1) is 21.5. The monoisotopic (exact) mass is 422 g/mol. The van der Waals surface area contributed by atoms with E-state index in [0.29, 0.717) is 24.5 Å². The van der Waals surface area contributed by atoms with Gasteiger partial charge in [-0.05, 0) is 48.6 Å². The summed E-state index contributed by atoms with van der Waals surface area (Å²) in [4.78, 5) is 0. The molecule has 0 spiro atoms. The van der Waals surface area contributed by atoms with Crippen LogP contribution in [-0.2, 0) is 14.2 Å². The van der Waals surface area contributed by atoms with Crippen molar-refractivity contribution in [2.24, 2.45) is 5.92 Å². The highest BCUT2D eigenvalue weighted by Gasteiger charge is 2.23. The van der Waals surface area contributed by atoms with E-state index in [9.17, 15) is 8.78 Å². The summed E-state index contributed by atoms with van der Waals surface area (Å²) >= 11 is 0. The number of fused-ring (bicyclic) bond motifs is 1. The largest absolute Gasteiger partial charge is 0.385 e. The molecule has 3 aromatic rings. The van der Waals surface area contributed by atoms with Gasteiger partial charge in [0.1, 0.15) is 0 Å². The normalized spacial score (nSPS) is 18.5. The van der Waals surface area contributed by atoms with Crippen molar-refractivity contribution in [1.82, 2.24) is 0 Å². The fourth-order valence-corrected chi connectivity index (χ4v) is 3.63. The van der Waals surface area contributed by atoms with Gasteiger partial charge in [0.25, 0.3) is 0 Å². The molecule has 4 rings (SSSR count). The van der Waals surface area contributed by atoms with Crippen LogP contribution in [0.1, 0.15) is 35.8 Å².